The molecule has 2 aromatic carbocycles. The van der Waals surface area contributed by atoms with E-state index in [1.165, 1.54) is 0 Å². The van der Waals surface area contributed by atoms with Crippen LogP contribution >= 0.6 is 0 Å². The SMILES string of the molecule is O=c1oc(-c2ccccc2)nn1C[C@H](O)c1ccccc1. The number of nitrogens with zero attached hydrogens (tertiary/aromatic N) is 2. The molecule has 0 bridgehead atoms. The molecule has 106 valence electrons. The van der Waals surface area contributed by atoms with Gasteiger partial charge >= 0.3 is 5.76 Å². The Bertz CT molecular complexity index is 763. The average Bonchev–Trinajstić information content (AvgIpc) is 2.90. The molecule has 3 aromatic rings. The molecule has 5 nitrogen and oxygen atoms in total. The molecule has 21 heavy (non-hydrogen) atoms. The number of aromatic nitrogens is 2. The standard InChI is InChI=1S/C16H14N2O3/c19-14(12-7-3-1-4-8-12)11-18-16(20)21-15(17-18)13-9-5-2-6-10-13/h1-10,14,19H,11H2/t14-/m0/s1. The Morgan fingerprint density at radius 2 is 1.67 bits per heavy atom. The quantitative estimate of drug-likeness (QED) is 0.796. The molecule has 5 heteroatoms. The molecule has 0 spiro atoms. The summed E-state index contributed by atoms with van der Waals surface area (Å²) in [5, 5.41) is 14.3. The second-order valence-corrected chi connectivity index (χ2v) is 4.65. The average molecular weight is 282 g/mol. The molecule has 0 amide bonds. The fraction of sp³-hybridized carbons (Fsp3) is 0.125. The summed E-state index contributed by atoms with van der Waals surface area (Å²) >= 11 is 0. The first-order chi connectivity index (χ1) is 10.2. The van der Waals surface area contributed by atoms with Crippen LogP contribution in [-0.4, -0.2) is 14.9 Å². The lowest BCUT2D eigenvalue weighted by atomic mass is 10.1. The van der Waals surface area contributed by atoms with E-state index in [4.69, 9.17) is 4.42 Å². The Morgan fingerprint density at radius 1 is 1.05 bits per heavy atom. The number of hydrogen-bond donors (Lipinski definition) is 1. The van der Waals surface area contributed by atoms with Crippen molar-refractivity contribution < 1.29 is 9.52 Å². The van der Waals surface area contributed by atoms with Crippen molar-refractivity contribution in [1.82, 2.24) is 9.78 Å². The molecule has 0 radical (unpaired) electrons. The van der Waals surface area contributed by atoms with Crippen LogP contribution in [0, 0.1) is 0 Å². The van der Waals surface area contributed by atoms with Crippen LogP contribution in [0.4, 0.5) is 0 Å². The molecular formula is C16H14N2O3. The number of hydrogen-bond acceptors (Lipinski definition) is 4. The molecule has 1 N–H and O–H groups in total. The smallest absolute Gasteiger partial charge is 0.388 e. The number of rotatable bonds is 4. The van der Waals surface area contributed by atoms with Crippen LogP contribution in [0.15, 0.2) is 69.9 Å². The van der Waals surface area contributed by atoms with Gasteiger partial charge in [-0.15, -0.1) is 5.10 Å². The largest absolute Gasteiger partial charge is 0.437 e. The van der Waals surface area contributed by atoms with Crippen LogP contribution < -0.4 is 5.76 Å². The van der Waals surface area contributed by atoms with Gasteiger partial charge in [0.25, 0.3) is 0 Å². The molecule has 1 atom stereocenters. The summed E-state index contributed by atoms with van der Waals surface area (Å²) in [4.78, 5) is 11.8. The highest BCUT2D eigenvalue weighted by atomic mass is 16.4. The summed E-state index contributed by atoms with van der Waals surface area (Å²) in [5.41, 5.74) is 1.45. The number of benzene rings is 2. The molecule has 3 rings (SSSR count). The van der Waals surface area contributed by atoms with Crippen molar-refractivity contribution in [3.63, 3.8) is 0 Å². The lowest BCUT2D eigenvalue weighted by Gasteiger charge is -2.09. The Balaban J connectivity index is 1.84. The van der Waals surface area contributed by atoms with Crippen molar-refractivity contribution in [2.24, 2.45) is 0 Å². The Morgan fingerprint density at radius 3 is 2.33 bits per heavy atom. The highest BCUT2D eigenvalue weighted by Crippen LogP contribution is 2.16. The van der Waals surface area contributed by atoms with E-state index in [-0.39, 0.29) is 12.4 Å². The normalized spacial score (nSPS) is 12.2. The van der Waals surface area contributed by atoms with E-state index in [9.17, 15) is 9.90 Å². The van der Waals surface area contributed by atoms with Gasteiger partial charge in [-0.3, -0.25) is 0 Å². The van der Waals surface area contributed by atoms with Gasteiger partial charge in [0.05, 0.1) is 12.6 Å². The zero-order valence-electron chi connectivity index (χ0n) is 11.2. The van der Waals surface area contributed by atoms with Gasteiger partial charge in [0.2, 0.25) is 5.89 Å². The monoisotopic (exact) mass is 282 g/mol. The topological polar surface area (TPSA) is 68.3 Å². The molecule has 1 heterocycles. The Labute approximate surface area is 121 Å². The van der Waals surface area contributed by atoms with Crippen molar-refractivity contribution >= 4 is 0 Å². The predicted molar refractivity (Wildman–Crippen MR) is 77.6 cm³/mol. The molecule has 0 saturated carbocycles. The number of aliphatic hydroxyl groups excluding tert-OH is 1. The van der Waals surface area contributed by atoms with Crippen molar-refractivity contribution in [3.8, 4) is 11.5 Å². The van der Waals surface area contributed by atoms with Crippen molar-refractivity contribution in [1.29, 1.82) is 0 Å². The summed E-state index contributed by atoms with van der Waals surface area (Å²) in [7, 11) is 0. The molecule has 0 aliphatic rings. The van der Waals surface area contributed by atoms with Crippen LogP contribution in [0.25, 0.3) is 11.5 Å². The first kappa shape index (κ1) is 13.3. The van der Waals surface area contributed by atoms with E-state index in [0.29, 0.717) is 0 Å². The van der Waals surface area contributed by atoms with Gasteiger partial charge in [-0.25, -0.2) is 4.79 Å². The first-order valence-electron chi connectivity index (χ1n) is 6.60. The minimum absolute atomic E-state index is 0.0547. The van der Waals surface area contributed by atoms with Gasteiger partial charge in [0.15, 0.2) is 0 Å². The summed E-state index contributed by atoms with van der Waals surface area (Å²) in [6.45, 7) is 0.0547. The second-order valence-electron chi connectivity index (χ2n) is 4.65. The van der Waals surface area contributed by atoms with E-state index in [0.717, 1.165) is 15.8 Å². The predicted octanol–water partition coefficient (Wildman–Crippen LogP) is 2.24. The summed E-state index contributed by atoms with van der Waals surface area (Å²) in [5.74, 6) is -0.329. The van der Waals surface area contributed by atoms with Gasteiger partial charge in [0.1, 0.15) is 0 Å². The molecule has 0 saturated heterocycles. The third-order valence-corrected chi connectivity index (χ3v) is 3.16. The Kier molecular flexibility index (Phi) is 3.66. The van der Waals surface area contributed by atoms with E-state index in [1.807, 2.05) is 48.5 Å². The minimum atomic E-state index is -0.808. The fourth-order valence-corrected chi connectivity index (χ4v) is 2.06. The molecule has 0 aliphatic carbocycles. The minimum Gasteiger partial charge on any atom is -0.388 e. The Hall–Kier alpha value is -2.66. The van der Waals surface area contributed by atoms with Gasteiger partial charge in [0, 0.05) is 5.56 Å². The van der Waals surface area contributed by atoms with E-state index >= 15 is 0 Å². The highest BCUT2D eigenvalue weighted by molar-refractivity contribution is 5.51. The van der Waals surface area contributed by atoms with Gasteiger partial charge in [-0.2, -0.15) is 4.68 Å². The lowest BCUT2D eigenvalue weighted by Crippen LogP contribution is -2.20. The zero-order chi connectivity index (χ0) is 14.7. The maximum Gasteiger partial charge on any atom is 0.437 e. The highest BCUT2D eigenvalue weighted by Gasteiger charge is 2.14. The van der Waals surface area contributed by atoms with E-state index in [2.05, 4.69) is 5.10 Å². The maximum absolute atomic E-state index is 11.8. The van der Waals surface area contributed by atoms with Crippen LogP contribution in [0.1, 0.15) is 11.7 Å². The van der Waals surface area contributed by atoms with Crippen molar-refractivity contribution in [2.75, 3.05) is 0 Å². The van der Waals surface area contributed by atoms with Crippen molar-refractivity contribution in [3.05, 3.63) is 76.8 Å². The fourth-order valence-electron chi connectivity index (χ4n) is 2.06. The first-order valence-corrected chi connectivity index (χ1v) is 6.60. The third-order valence-electron chi connectivity index (χ3n) is 3.16. The maximum atomic E-state index is 11.8. The van der Waals surface area contributed by atoms with Crippen LogP contribution in [-0.2, 0) is 6.54 Å². The van der Waals surface area contributed by atoms with Crippen LogP contribution in [0.5, 0.6) is 0 Å². The zero-order valence-corrected chi connectivity index (χ0v) is 11.2. The van der Waals surface area contributed by atoms with Crippen molar-refractivity contribution in [2.45, 2.75) is 12.6 Å². The third kappa shape index (κ3) is 2.93. The number of aliphatic hydroxyl groups is 1. The van der Waals surface area contributed by atoms with Gasteiger partial charge < -0.3 is 9.52 Å². The summed E-state index contributed by atoms with van der Waals surface area (Å²) in [6.07, 6.45) is -0.808. The molecule has 1 aromatic heterocycles. The summed E-state index contributed by atoms with van der Waals surface area (Å²) in [6, 6.07) is 18.3. The summed E-state index contributed by atoms with van der Waals surface area (Å²) < 4.78 is 6.26. The molecule has 0 aliphatic heterocycles. The van der Waals surface area contributed by atoms with Gasteiger partial charge in [-0.1, -0.05) is 48.5 Å². The van der Waals surface area contributed by atoms with E-state index < -0.39 is 11.9 Å². The molecule has 0 fully saturated rings. The van der Waals surface area contributed by atoms with Crippen LogP contribution in [0.3, 0.4) is 0 Å². The molecule has 0 unspecified atom stereocenters. The van der Waals surface area contributed by atoms with E-state index in [1.54, 1.807) is 12.1 Å². The lowest BCUT2D eigenvalue weighted by molar-refractivity contribution is 0.148. The van der Waals surface area contributed by atoms with Gasteiger partial charge in [-0.05, 0) is 17.7 Å². The van der Waals surface area contributed by atoms with Crippen LogP contribution in [0.2, 0.25) is 0 Å². The molecular weight excluding hydrogens is 268 g/mol. The second kappa shape index (κ2) is 5.76.